The fourth-order valence-corrected chi connectivity index (χ4v) is 2.19. The molecule has 5 nitrogen and oxygen atoms in total. The number of aromatic nitrogens is 3. The summed E-state index contributed by atoms with van der Waals surface area (Å²) in [5, 5.41) is 26.9. The van der Waals surface area contributed by atoms with E-state index in [0.29, 0.717) is 22.6 Å². The van der Waals surface area contributed by atoms with Gasteiger partial charge < -0.3 is 5.11 Å². The zero-order chi connectivity index (χ0) is 13.4. The fraction of sp³-hybridized carbons (Fsp3) is 0. The second-order valence-corrected chi connectivity index (χ2v) is 4.86. The number of pyridine rings is 1. The second kappa shape index (κ2) is 4.37. The van der Waals surface area contributed by atoms with Crippen molar-refractivity contribution >= 4 is 21.6 Å². The van der Waals surface area contributed by atoms with Crippen LogP contribution < -0.4 is 0 Å². The summed E-state index contributed by atoms with van der Waals surface area (Å²) in [5.74, 6) is 0.650. The molecule has 6 heteroatoms. The van der Waals surface area contributed by atoms with Gasteiger partial charge in [-0.3, -0.25) is 4.40 Å². The van der Waals surface area contributed by atoms with E-state index in [1.54, 1.807) is 34.9 Å². The van der Waals surface area contributed by atoms with Crippen LogP contribution in [0, 0.1) is 11.3 Å². The number of halogens is 1. The van der Waals surface area contributed by atoms with E-state index in [4.69, 9.17) is 5.26 Å². The van der Waals surface area contributed by atoms with Gasteiger partial charge >= 0.3 is 0 Å². The predicted octanol–water partition coefficient (Wildman–Crippen LogP) is 2.74. The van der Waals surface area contributed by atoms with Gasteiger partial charge in [-0.2, -0.15) is 5.26 Å². The number of hydrogen-bond acceptors (Lipinski definition) is 4. The monoisotopic (exact) mass is 314 g/mol. The molecule has 0 atom stereocenters. The first kappa shape index (κ1) is 11.7. The molecule has 0 bridgehead atoms. The number of rotatable bonds is 1. The minimum absolute atomic E-state index is 0.119. The van der Waals surface area contributed by atoms with E-state index in [-0.39, 0.29) is 5.75 Å². The van der Waals surface area contributed by atoms with Gasteiger partial charge in [0.2, 0.25) is 0 Å². The van der Waals surface area contributed by atoms with Gasteiger partial charge in [0, 0.05) is 16.7 Å². The molecule has 0 spiro atoms. The van der Waals surface area contributed by atoms with E-state index >= 15 is 0 Å². The second-order valence-electron chi connectivity index (χ2n) is 3.94. The Bertz CT molecular complexity index is 819. The van der Waals surface area contributed by atoms with Gasteiger partial charge in [-0.25, -0.2) is 0 Å². The topological polar surface area (TPSA) is 74.2 Å². The maximum atomic E-state index is 9.96. The normalized spacial score (nSPS) is 10.5. The Kier molecular flexibility index (Phi) is 2.69. The minimum atomic E-state index is 0.119. The van der Waals surface area contributed by atoms with Crippen molar-refractivity contribution in [2.45, 2.75) is 0 Å². The number of aromatic hydroxyl groups is 1. The molecule has 3 rings (SSSR count). The summed E-state index contributed by atoms with van der Waals surface area (Å²) in [4.78, 5) is 0. The largest absolute Gasteiger partial charge is 0.507 e. The summed E-state index contributed by atoms with van der Waals surface area (Å²) in [6.45, 7) is 0. The van der Waals surface area contributed by atoms with E-state index < -0.39 is 0 Å². The molecule has 2 heterocycles. The molecule has 19 heavy (non-hydrogen) atoms. The fourth-order valence-electron chi connectivity index (χ4n) is 1.84. The van der Waals surface area contributed by atoms with Gasteiger partial charge in [0.15, 0.2) is 11.5 Å². The van der Waals surface area contributed by atoms with Crippen molar-refractivity contribution in [1.29, 1.82) is 5.26 Å². The molecule has 1 aromatic carbocycles. The van der Waals surface area contributed by atoms with Crippen molar-refractivity contribution < 1.29 is 5.11 Å². The summed E-state index contributed by atoms with van der Waals surface area (Å²) < 4.78 is 2.51. The van der Waals surface area contributed by atoms with E-state index in [9.17, 15) is 5.11 Å². The molecule has 1 N–H and O–H groups in total. The number of nitrogens with zero attached hydrogens (tertiary/aromatic N) is 4. The molecule has 0 saturated carbocycles. The lowest BCUT2D eigenvalue weighted by Gasteiger charge is -2.03. The number of fused-ring (bicyclic) bond motifs is 1. The Morgan fingerprint density at radius 1 is 1.21 bits per heavy atom. The maximum absolute atomic E-state index is 9.96. The molecule has 0 radical (unpaired) electrons. The molecule has 0 aliphatic carbocycles. The van der Waals surface area contributed by atoms with Crippen molar-refractivity contribution in [1.82, 2.24) is 14.6 Å². The number of nitriles is 1. The van der Waals surface area contributed by atoms with E-state index in [1.165, 1.54) is 0 Å². The van der Waals surface area contributed by atoms with Crippen LogP contribution in [0.15, 0.2) is 41.0 Å². The Morgan fingerprint density at radius 2 is 2.05 bits per heavy atom. The Hall–Kier alpha value is -2.39. The van der Waals surface area contributed by atoms with Gasteiger partial charge in [0.1, 0.15) is 5.75 Å². The average Bonchev–Trinajstić information content (AvgIpc) is 2.81. The number of phenolic OH excluding ortho intramolecular Hbond substituents is 1. The van der Waals surface area contributed by atoms with E-state index in [0.717, 1.165) is 4.47 Å². The average molecular weight is 315 g/mol. The van der Waals surface area contributed by atoms with Crippen LogP contribution in [-0.2, 0) is 0 Å². The highest BCUT2D eigenvalue weighted by Gasteiger charge is 2.12. The Balaban J connectivity index is 2.23. The SMILES string of the molecule is N#Cc1ccn2c(-c3ccc(Br)cc3O)nnc2c1. The van der Waals surface area contributed by atoms with Crippen LogP contribution in [0.5, 0.6) is 5.75 Å². The van der Waals surface area contributed by atoms with Crippen molar-refractivity contribution in [3.05, 3.63) is 46.6 Å². The van der Waals surface area contributed by atoms with Crippen molar-refractivity contribution in [3.63, 3.8) is 0 Å². The lowest BCUT2D eigenvalue weighted by molar-refractivity contribution is 0.476. The van der Waals surface area contributed by atoms with Gasteiger partial charge in [0.05, 0.1) is 17.2 Å². The third-order valence-corrected chi connectivity index (χ3v) is 3.23. The first-order chi connectivity index (χ1) is 9.19. The van der Waals surface area contributed by atoms with Crippen molar-refractivity contribution in [3.8, 4) is 23.2 Å². The molecule has 0 amide bonds. The zero-order valence-corrected chi connectivity index (χ0v) is 11.2. The molecule has 2 aromatic heterocycles. The van der Waals surface area contributed by atoms with Crippen LogP contribution in [0.4, 0.5) is 0 Å². The summed E-state index contributed by atoms with van der Waals surface area (Å²) >= 11 is 3.29. The highest BCUT2D eigenvalue weighted by molar-refractivity contribution is 9.10. The molecule has 3 aromatic rings. The Morgan fingerprint density at radius 3 is 2.79 bits per heavy atom. The molecule has 0 aliphatic heterocycles. The molecular weight excluding hydrogens is 308 g/mol. The summed E-state index contributed by atoms with van der Waals surface area (Å²) in [7, 11) is 0. The Labute approximate surface area is 116 Å². The lowest BCUT2D eigenvalue weighted by Crippen LogP contribution is -1.90. The lowest BCUT2D eigenvalue weighted by atomic mass is 10.2. The number of hydrogen-bond donors (Lipinski definition) is 1. The van der Waals surface area contributed by atoms with E-state index in [1.807, 2.05) is 6.07 Å². The van der Waals surface area contributed by atoms with Crippen LogP contribution in [0.3, 0.4) is 0 Å². The number of benzene rings is 1. The molecule has 92 valence electrons. The quantitative estimate of drug-likeness (QED) is 0.749. The zero-order valence-electron chi connectivity index (χ0n) is 9.58. The third-order valence-electron chi connectivity index (χ3n) is 2.74. The van der Waals surface area contributed by atoms with Crippen molar-refractivity contribution in [2.75, 3.05) is 0 Å². The maximum Gasteiger partial charge on any atom is 0.172 e. The predicted molar refractivity (Wildman–Crippen MR) is 72.5 cm³/mol. The molecule has 0 aliphatic rings. The minimum Gasteiger partial charge on any atom is -0.507 e. The van der Waals surface area contributed by atoms with Gasteiger partial charge in [-0.05, 0) is 24.3 Å². The number of phenols is 1. The molecule has 0 unspecified atom stereocenters. The van der Waals surface area contributed by atoms with Crippen LogP contribution in [0.2, 0.25) is 0 Å². The third kappa shape index (κ3) is 1.94. The van der Waals surface area contributed by atoms with Gasteiger partial charge in [0.25, 0.3) is 0 Å². The first-order valence-corrected chi connectivity index (χ1v) is 6.22. The summed E-state index contributed by atoms with van der Waals surface area (Å²) in [6, 6.07) is 10.5. The highest BCUT2D eigenvalue weighted by atomic mass is 79.9. The van der Waals surface area contributed by atoms with Crippen LogP contribution in [-0.4, -0.2) is 19.7 Å². The molecule has 0 saturated heterocycles. The summed E-state index contributed by atoms with van der Waals surface area (Å²) in [5.41, 5.74) is 1.67. The molecular formula is C13H7BrN4O. The van der Waals surface area contributed by atoms with Crippen LogP contribution in [0.25, 0.3) is 17.0 Å². The molecule has 0 fully saturated rings. The van der Waals surface area contributed by atoms with Crippen LogP contribution >= 0.6 is 15.9 Å². The highest BCUT2D eigenvalue weighted by Crippen LogP contribution is 2.30. The van der Waals surface area contributed by atoms with Gasteiger partial charge in [-0.15, -0.1) is 10.2 Å². The summed E-state index contributed by atoms with van der Waals surface area (Å²) in [6.07, 6.45) is 1.71. The van der Waals surface area contributed by atoms with Crippen molar-refractivity contribution in [2.24, 2.45) is 0 Å². The first-order valence-electron chi connectivity index (χ1n) is 5.43. The smallest absolute Gasteiger partial charge is 0.172 e. The van der Waals surface area contributed by atoms with E-state index in [2.05, 4.69) is 32.2 Å². The van der Waals surface area contributed by atoms with Gasteiger partial charge in [-0.1, -0.05) is 15.9 Å². The van der Waals surface area contributed by atoms with Crippen LogP contribution in [0.1, 0.15) is 5.56 Å². The standard InChI is InChI=1S/C13H7BrN4O/c14-9-1-2-10(11(19)6-9)13-17-16-12-5-8(7-15)3-4-18(12)13/h1-6,19H.